The minimum Gasteiger partial charge on any atom is -0.351 e. The van der Waals surface area contributed by atoms with E-state index in [1.807, 2.05) is 12.3 Å². The molecule has 1 fully saturated rings. The Kier molecular flexibility index (Phi) is 8.89. The fourth-order valence-corrected chi connectivity index (χ4v) is 7.23. The Balaban J connectivity index is 1.38. The Morgan fingerprint density at radius 2 is 1.76 bits per heavy atom. The molecule has 0 amide bonds. The van der Waals surface area contributed by atoms with Crippen LogP contribution in [0.4, 0.5) is 16.2 Å². The number of aromatic nitrogens is 3. The molecule has 0 saturated heterocycles. The number of hydrogen-bond acceptors (Lipinski definition) is 7. The van der Waals surface area contributed by atoms with Gasteiger partial charge in [0.05, 0.1) is 15.6 Å². The van der Waals surface area contributed by atoms with Gasteiger partial charge >= 0.3 is 0 Å². The van der Waals surface area contributed by atoms with E-state index < -0.39 is 25.9 Å². The molecule has 222 valence electrons. The minimum absolute atomic E-state index is 0.0999. The van der Waals surface area contributed by atoms with Crippen molar-refractivity contribution in [1.82, 2.24) is 19.9 Å². The van der Waals surface area contributed by atoms with Crippen LogP contribution in [0.1, 0.15) is 43.9 Å². The third kappa shape index (κ3) is 6.32. The molecule has 2 N–H and O–H groups in total. The maximum atomic E-state index is 13.7. The molecule has 0 bridgehead atoms. The number of nitrogens with one attached hydrogen (secondary N) is 2. The Hall–Kier alpha value is -3.05. The molecule has 1 aliphatic carbocycles. The van der Waals surface area contributed by atoms with Gasteiger partial charge in [-0.1, -0.05) is 30.1 Å². The molecule has 0 unspecified atom stereocenters. The number of rotatable bonds is 8. The first kappa shape index (κ1) is 30.4. The monoisotopic (exact) mass is 630 g/mol. The number of aryl methyl sites for hydroxylation is 2. The van der Waals surface area contributed by atoms with Gasteiger partial charge in [-0.3, -0.25) is 4.72 Å². The van der Waals surface area contributed by atoms with Crippen molar-refractivity contribution in [2.75, 3.05) is 24.1 Å². The van der Waals surface area contributed by atoms with E-state index >= 15 is 0 Å². The lowest BCUT2D eigenvalue weighted by Crippen LogP contribution is -2.36. The van der Waals surface area contributed by atoms with Gasteiger partial charge in [-0.2, -0.15) is 0 Å². The van der Waals surface area contributed by atoms with Gasteiger partial charge in [-0.05, 0) is 101 Å². The van der Waals surface area contributed by atoms with Crippen LogP contribution in [0.5, 0.6) is 0 Å². The lowest BCUT2D eigenvalue weighted by molar-refractivity contribution is 0.221. The second-order valence-corrected chi connectivity index (χ2v) is 13.2. The summed E-state index contributed by atoms with van der Waals surface area (Å²) in [5.41, 5.74) is 4.38. The minimum atomic E-state index is -4.16. The summed E-state index contributed by atoms with van der Waals surface area (Å²) in [7, 11) is 0.123. The van der Waals surface area contributed by atoms with Crippen LogP contribution in [0.3, 0.4) is 0 Å². The summed E-state index contributed by atoms with van der Waals surface area (Å²) in [6, 6.07) is 10.5. The lowest BCUT2D eigenvalue weighted by Gasteiger charge is -2.33. The van der Waals surface area contributed by atoms with Gasteiger partial charge in [-0.25, -0.2) is 27.8 Å². The normalized spacial score (nSPS) is 17.5. The lowest BCUT2D eigenvalue weighted by atomic mass is 9.90. The predicted octanol–water partition coefficient (Wildman–Crippen LogP) is 7.09. The van der Waals surface area contributed by atoms with Crippen LogP contribution in [0, 0.1) is 12.7 Å². The quantitative estimate of drug-likeness (QED) is 0.200. The summed E-state index contributed by atoms with van der Waals surface area (Å²) in [4.78, 5) is 15.9. The molecule has 1 aliphatic rings. The highest BCUT2D eigenvalue weighted by Crippen LogP contribution is 2.34. The molecule has 12 heteroatoms. The van der Waals surface area contributed by atoms with E-state index in [-0.39, 0.29) is 10.7 Å². The average molecular weight is 632 g/mol. The topological polar surface area (TPSA) is 100 Å². The van der Waals surface area contributed by atoms with Gasteiger partial charge in [0.1, 0.15) is 16.5 Å². The van der Waals surface area contributed by atoms with E-state index in [1.165, 1.54) is 0 Å². The predicted molar refractivity (Wildman–Crippen MR) is 167 cm³/mol. The number of benzene rings is 2. The molecule has 0 atom stereocenters. The summed E-state index contributed by atoms with van der Waals surface area (Å²) in [5.74, 6) is -0.0561. The number of fused-ring (bicyclic) bond motifs is 1. The van der Waals surface area contributed by atoms with Gasteiger partial charge < -0.3 is 10.2 Å². The van der Waals surface area contributed by atoms with E-state index in [0.717, 1.165) is 71.8 Å². The molecule has 5 rings (SSSR count). The van der Waals surface area contributed by atoms with Crippen LogP contribution in [0.2, 0.25) is 10.0 Å². The maximum Gasteiger partial charge on any atom is 0.264 e. The summed E-state index contributed by atoms with van der Waals surface area (Å²) in [6.45, 7) is 3.89. The second-order valence-electron chi connectivity index (χ2n) is 10.8. The Morgan fingerprint density at radius 1 is 1.02 bits per heavy atom. The molecule has 0 radical (unpaired) electrons. The fourth-order valence-electron chi connectivity index (χ4n) is 5.46. The molecule has 2 aromatic heterocycles. The van der Waals surface area contributed by atoms with E-state index in [2.05, 4.69) is 52.0 Å². The molecular formula is C30H33Cl2FN6O2S. The molecule has 2 aromatic carbocycles. The molecular weight excluding hydrogens is 598 g/mol. The van der Waals surface area contributed by atoms with Gasteiger partial charge in [0, 0.05) is 34.9 Å². The first-order valence-electron chi connectivity index (χ1n) is 13.8. The average Bonchev–Trinajstić information content (AvgIpc) is 2.95. The van der Waals surface area contributed by atoms with Gasteiger partial charge in [0.15, 0.2) is 0 Å². The van der Waals surface area contributed by atoms with Crippen LogP contribution in [0.15, 0.2) is 47.5 Å². The third-order valence-electron chi connectivity index (χ3n) is 7.83. The molecule has 42 heavy (non-hydrogen) atoms. The molecule has 1 saturated carbocycles. The van der Waals surface area contributed by atoms with Crippen LogP contribution in [0.25, 0.3) is 22.0 Å². The number of halogens is 3. The smallest absolute Gasteiger partial charge is 0.264 e. The largest absolute Gasteiger partial charge is 0.351 e. The van der Waals surface area contributed by atoms with Gasteiger partial charge in [0.2, 0.25) is 5.95 Å². The summed E-state index contributed by atoms with van der Waals surface area (Å²) < 4.78 is 42.0. The van der Waals surface area contributed by atoms with Crippen LogP contribution >= 0.6 is 23.2 Å². The van der Waals surface area contributed by atoms with Crippen molar-refractivity contribution in [3.63, 3.8) is 0 Å². The Morgan fingerprint density at radius 3 is 2.43 bits per heavy atom. The Bertz CT molecular complexity index is 1740. The first-order valence-corrected chi connectivity index (χ1v) is 16.1. The third-order valence-corrected chi connectivity index (χ3v) is 10.2. The number of nitrogens with zero attached hydrogens (tertiary/aromatic N) is 4. The standard InChI is InChI=1S/C30H33Cl2FN6O2S/c1-5-18-14-19(15-20-16-34-30(37-29(18)20)36-21-6-8-22(9-7-21)39(3)4)23-10-13-26(35-17(23)2)38-42(40,41)25-12-11-24(33)27(31)28(25)32/h10-16,21-22H,5-9H2,1-4H3,(H,35,38)(H,34,36,37). The fraction of sp³-hybridized carbons (Fsp3) is 0.367. The molecule has 0 spiro atoms. The highest BCUT2D eigenvalue weighted by molar-refractivity contribution is 7.92. The van der Waals surface area contributed by atoms with E-state index in [0.29, 0.717) is 23.7 Å². The van der Waals surface area contributed by atoms with E-state index in [9.17, 15) is 12.8 Å². The Labute approximate surface area is 255 Å². The van der Waals surface area contributed by atoms with E-state index in [4.69, 9.17) is 28.2 Å². The number of anilines is 2. The zero-order valence-corrected chi connectivity index (χ0v) is 26.2. The summed E-state index contributed by atoms with van der Waals surface area (Å²) in [5, 5.41) is 3.61. The molecule has 8 nitrogen and oxygen atoms in total. The maximum absolute atomic E-state index is 13.7. The summed E-state index contributed by atoms with van der Waals surface area (Å²) >= 11 is 11.8. The van der Waals surface area contributed by atoms with Crippen molar-refractivity contribution >= 4 is 55.9 Å². The SMILES string of the molecule is CCc1cc(-c2ccc(NS(=O)(=O)c3ccc(F)c(Cl)c3Cl)nc2C)cc2cnc(NC3CCC(N(C)C)CC3)nc12. The zero-order chi connectivity index (χ0) is 30.2. The first-order chi connectivity index (χ1) is 20.0. The van der Waals surface area contributed by atoms with Crippen molar-refractivity contribution in [3.8, 4) is 11.1 Å². The molecule has 4 aromatic rings. The van der Waals surface area contributed by atoms with Crippen molar-refractivity contribution in [2.45, 2.75) is 62.9 Å². The van der Waals surface area contributed by atoms with Gasteiger partial charge in [0.25, 0.3) is 10.0 Å². The molecule has 0 aliphatic heterocycles. The van der Waals surface area contributed by atoms with Crippen molar-refractivity contribution in [2.24, 2.45) is 0 Å². The van der Waals surface area contributed by atoms with Crippen molar-refractivity contribution in [3.05, 3.63) is 69.7 Å². The number of sulfonamides is 1. The highest BCUT2D eigenvalue weighted by Gasteiger charge is 2.24. The van der Waals surface area contributed by atoms with E-state index in [1.54, 1.807) is 19.1 Å². The zero-order valence-electron chi connectivity index (χ0n) is 23.9. The van der Waals surface area contributed by atoms with Crippen LogP contribution in [-0.4, -0.2) is 54.4 Å². The highest BCUT2D eigenvalue weighted by atomic mass is 35.5. The van der Waals surface area contributed by atoms with Crippen LogP contribution in [-0.2, 0) is 16.4 Å². The van der Waals surface area contributed by atoms with Crippen molar-refractivity contribution in [1.29, 1.82) is 0 Å². The number of hydrogen-bond donors (Lipinski definition) is 2. The van der Waals surface area contributed by atoms with Crippen molar-refractivity contribution < 1.29 is 12.8 Å². The number of pyridine rings is 1. The molecule has 2 heterocycles. The van der Waals surface area contributed by atoms with Crippen LogP contribution < -0.4 is 10.0 Å². The summed E-state index contributed by atoms with van der Waals surface area (Å²) in [6.07, 6.45) is 7.12. The second kappa shape index (κ2) is 12.3. The van der Waals surface area contributed by atoms with Gasteiger partial charge in [-0.15, -0.1) is 0 Å².